The van der Waals surface area contributed by atoms with Gasteiger partial charge in [0.15, 0.2) is 0 Å². The number of rotatable bonds is 4. The fraction of sp³-hybridized carbons (Fsp3) is 0.261. The van der Waals surface area contributed by atoms with Crippen molar-refractivity contribution in [2.75, 3.05) is 43.4 Å². The fourth-order valence-corrected chi connectivity index (χ4v) is 3.77. The zero-order valence-electron chi connectivity index (χ0n) is 18.1. The maximum absolute atomic E-state index is 12.9. The zero-order chi connectivity index (χ0) is 22.1. The Morgan fingerprint density at radius 2 is 1.81 bits per heavy atom. The number of likely N-dealkylation sites (N-methyl/N-ethyl adjacent to an activating group) is 1. The summed E-state index contributed by atoms with van der Waals surface area (Å²) in [4.78, 5) is 30.7. The van der Waals surface area contributed by atoms with Crippen molar-refractivity contribution in [3.63, 3.8) is 0 Å². The summed E-state index contributed by atoms with van der Waals surface area (Å²) >= 11 is 0. The van der Waals surface area contributed by atoms with Gasteiger partial charge in [-0.3, -0.25) is 14.5 Å². The second kappa shape index (κ2) is 8.35. The van der Waals surface area contributed by atoms with Crippen molar-refractivity contribution in [2.24, 2.45) is 7.05 Å². The Labute approximate surface area is 185 Å². The lowest BCUT2D eigenvalue weighted by atomic mass is 10.1. The molecule has 9 nitrogen and oxygen atoms in total. The molecule has 1 saturated heterocycles. The largest absolute Gasteiger partial charge is 0.354 e. The topological polar surface area (TPSA) is 92.1 Å². The maximum Gasteiger partial charge on any atom is 0.257 e. The number of piperazine rings is 1. The summed E-state index contributed by atoms with van der Waals surface area (Å²) in [6.07, 6.45) is 7.01. The van der Waals surface area contributed by atoms with Crippen LogP contribution in [-0.2, 0) is 7.05 Å². The number of amides is 1. The summed E-state index contributed by atoms with van der Waals surface area (Å²) < 4.78 is 1.75. The van der Waals surface area contributed by atoms with Crippen molar-refractivity contribution in [3.8, 4) is 11.3 Å². The Kier molecular flexibility index (Phi) is 5.24. The Morgan fingerprint density at radius 3 is 2.59 bits per heavy atom. The first-order valence-corrected chi connectivity index (χ1v) is 10.5. The van der Waals surface area contributed by atoms with Crippen LogP contribution in [0.15, 0.2) is 55.1 Å². The van der Waals surface area contributed by atoms with Gasteiger partial charge < -0.3 is 15.1 Å². The number of hydrogen-bond acceptors (Lipinski definition) is 7. The molecule has 1 fully saturated rings. The van der Waals surface area contributed by atoms with Crippen LogP contribution in [0.3, 0.4) is 0 Å². The van der Waals surface area contributed by atoms with Crippen molar-refractivity contribution in [3.05, 3.63) is 60.7 Å². The third-order valence-corrected chi connectivity index (χ3v) is 5.65. The molecule has 0 unspecified atom stereocenters. The Morgan fingerprint density at radius 1 is 0.969 bits per heavy atom. The molecule has 5 heterocycles. The van der Waals surface area contributed by atoms with Gasteiger partial charge >= 0.3 is 0 Å². The van der Waals surface area contributed by atoms with E-state index >= 15 is 0 Å². The van der Waals surface area contributed by atoms with Crippen LogP contribution in [0.25, 0.3) is 22.2 Å². The van der Waals surface area contributed by atoms with Gasteiger partial charge in [-0.2, -0.15) is 5.10 Å². The van der Waals surface area contributed by atoms with E-state index in [0.29, 0.717) is 11.4 Å². The van der Waals surface area contributed by atoms with E-state index in [4.69, 9.17) is 0 Å². The number of carbonyl (C=O) groups is 1. The molecule has 1 amide bonds. The number of pyridine rings is 3. The van der Waals surface area contributed by atoms with E-state index in [2.05, 4.69) is 42.2 Å². The van der Waals surface area contributed by atoms with Crippen molar-refractivity contribution in [1.29, 1.82) is 0 Å². The number of aromatic nitrogens is 5. The standard InChI is InChI=1S/C23H24N8O/c1-29-7-9-31(10-8-29)22-13-16(3-5-24-22)23(32)27-21-12-17-11-18(14-25-20(17)15-26-21)19-4-6-30(2)28-19/h3-6,11-15H,7-10H2,1-2H3,(H,26,27,32). The molecular weight excluding hydrogens is 404 g/mol. The van der Waals surface area contributed by atoms with Crippen LogP contribution in [0.2, 0.25) is 0 Å². The first kappa shape index (κ1) is 20.1. The molecule has 1 aliphatic rings. The summed E-state index contributed by atoms with van der Waals surface area (Å²) in [7, 11) is 3.99. The minimum atomic E-state index is -0.219. The van der Waals surface area contributed by atoms with Crippen LogP contribution in [-0.4, -0.2) is 68.8 Å². The average molecular weight is 429 g/mol. The molecule has 0 aliphatic carbocycles. The lowest BCUT2D eigenvalue weighted by Crippen LogP contribution is -2.44. The molecule has 32 heavy (non-hydrogen) atoms. The van der Waals surface area contributed by atoms with Crippen LogP contribution >= 0.6 is 0 Å². The summed E-state index contributed by atoms with van der Waals surface area (Å²) in [6, 6.07) is 9.32. The van der Waals surface area contributed by atoms with Crippen LogP contribution in [0.5, 0.6) is 0 Å². The number of nitrogens with zero attached hydrogens (tertiary/aromatic N) is 7. The fourth-order valence-electron chi connectivity index (χ4n) is 3.77. The molecule has 0 spiro atoms. The smallest absolute Gasteiger partial charge is 0.257 e. The number of fused-ring (bicyclic) bond motifs is 1. The van der Waals surface area contributed by atoms with Gasteiger partial charge in [0, 0.05) is 68.3 Å². The molecule has 1 aliphatic heterocycles. The Balaban J connectivity index is 1.36. The number of hydrogen-bond donors (Lipinski definition) is 1. The Hall–Kier alpha value is -3.85. The van der Waals surface area contributed by atoms with E-state index in [9.17, 15) is 4.79 Å². The van der Waals surface area contributed by atoms with E-state index in [0.717, 1.165) is 54.2 Å². The van der Waals surface area contributed by atoms with Gasteiger partial charge in [-0.05, 0) is 37.4 Å². The SMILES string of the molecule is CN1CCN(c2cc(C(=O)Nc3cc4cc(-c5ccn(C)n5)cnc4cn3)ccn2)CC1. The van der Waals surface area contributed by atoms with Crippen LogP contribution < -0.4 is 10.2 Å². The molecule has 0 radical (unpaired) electrons. The van der Waals surface area contributed by atoms with Gasteiger partial charge in [0.05, 0.1) is 17.4 Å². The van der Waals surface area contributed by atoms with Crippen molar-refractivity contribution in [2.45, 2.75) is 0 Å². The summed E-state index contributed by atoms with van der Waals surface area (Å²) in [5.74, 6) is 1.07. The van der Waals surface area contributed by atoms with Crippen LogP contribution in [0.1, 0.15) is 10.4 Å². The third kappa shape index (κ3) is 4.15. The molecule has 0 atom stereocenters. The summed E-state index contributed by atoms with van der Waals surface area (Å²) in [5.41, 5.74) is 3.06. The summed E-state index contributed by atoms with van der Waals surface area (Å²) in [6.45, 7) is 3.75. The van der Waals surface area contributed by atoms with E-state index in [1.54, 1.807) is 29.3 Å². The third-order valence-electron chi connectivity index (χ3n) is 5.65. The minimum Gasteiger partial charge on any atom is -0.354 e. The second-order valence-electron chi connectivity index (χ2n) is 8.01. The maximum atomic E-state index is 12.9. The molecular formula is C23H24N8O. The predicted octanol–water partition coefficient (Wildman–Crippen LogP) is 2.43. The number of nitrogens with one attached hydrogen (secondary N) is 1. The highest BCUT2D eigenvalue weighted by Gasteiger charge is 2.17. The second-order valence-corrected chi connectivity index (χ2v) is 8.01. The molecule has 0 saturated carbocycles. The monoisotopic (exact) mass is 428 g/mol. The molecule has 5 rings (SSSR count). The molecule has 1 N–H and O–H groups in total. The molecule has 0 bridgehead atoms. The van der Waals surface area contributed by atoms with E-state index in [1.165, 1.54) is 0 Å². The zero-order valence-corrected chi connectivity index (χ0v) is 18.1. The average Bonchev–Trinajstić information content (AvgIpc) is 3.25. The quantitative estimate of drug-likeness (QED) is 0.534. The van der Waals surface area contributed by atoms with Crippen molar-refractivity contribution < 1.29 is 4.79 Å². The van der Waals surface area contributed by atoms with Crippen LogP contribution in [0, 0.1) is 0 Å². The van der Waals surface area contributed by atoms with Gasteiger partial charge in [-0.25, -0.2) is 9.97 Å². The number of anilines is 2. The van der Waals surface area contributed by atoms with Gasteiger partial charge in [-0.15, -0.1) is 0 Å². The molecule has 0 aromatic carbocycles. The molecule has 162 valence electrons. The lowest BCUT2D eigenvalue weighted by Gasteiger charge is -2.33. The van der Waals surface area contributed by atoms with Crippen LogP contribution in [0.4, 0.5) is 11.6 Å². The van der Waals surface area contributed by atoms with Crippen molar-refractivity contribution >= 4 is 28.4 Å². The van der Waals surface area contributed by atoms with Gasteiger partial charge in [0.2, 0.25) is 0 Å². The molecule has 9 heteroatoms. The first-order chi connectivity index (χ1) is 15.5. The predicted molar refractivity (Wildman–Crippen MR) is 124 cm³/mol. The van der Waals surface area contributed by atoms with E-state index in [-0.39, 0.29) is 5.91 Å². The number of carbonyl (C=O) groups excluding carboxylic acids is 1. The Bertz CT molecular complexity index is 1280. The highest BCUT2D eigenvalue weighted by atomic mass is 16.1. The van der Waals surface area contributed by atoms with E-state index < -0.39 is 0 Å². The molecule has 4 aromatic rings. The number of aryl methyl sites for hydroxylation is 1. The lowest BCUT2D eigenvalue weighted by molar-refractivity contribution is 0.102. The molecule has 4 aromatic heterocycles. The summed E-state index contributed by atoms with van der Waals surface area (Å²) in [5, 5.41) is 8.21. The van der Waals surface area contributed by atoms with Crippen molar-refractivity contribution in [1.82, 2.24) is 29.6 Å². The highest BCUT2D eigenvalue weighted by molar-refractivity contribution is 6.04. The first-order valence-electron chi connectivity index (χ1n) is 10.5. The van der Waals surface area contributed by atoms with Gasteiger partial charge in [0.1, 0.15) is 11.6 Å². The van der Waals surface area contributed by atoms with Gasteiger partial charge in [-0.1, -0.05) is 0 Å². The normalized spacial score (nSPS) is 14.6. The minimum absolute atomic E-state index is 0.219. The highest BCUT2D eigenvalue weighted by Crippen LogP contribution is 2.23. The van der Waals surface area contributed by atoms with Gasteiger partial charge in [0.25, 0.3) is 5.91 Å². The van der Waals surface area contributed by atoms with E-state index in [1.807, 2.05) is 37.5 Å².